The highest BCUT2D eigenvalue weighted by atomic mass is 35.5. The molecule has 0 spiro atoms. The number of benzene rings is 1. The van der Waals surface area contributed by atoms with Gasteiger partial charge in [-0.15, -0.1) is 0 Å². The van der Waals surface area contributed by atoms with E-state index in [0.29, 0.717) is 22.2 Å². The molecule has 0 amide bonds. The van der Waals surface area contributed by atoms with Gasteiger partial charge in [0.25, 0.3) is 0 Å². The van der Waals surface area contributed by atoms with Crippen molar-refractivity contribution in [2.24, 2.45) is 5.41 Å². The van der Waals surface area contributed by atoms with E-state index in [-0.39, 0.29) is 10.4 Å². The van der Waals surface area contributed by atoms with Gasteiger partial charge in [0.2, 0.25) is 0 Å². The maximum Gasteiger partial charge on any atom is 0.173 e. The molecule has 1 aliphatic heterocycles. The summed E-state index contributed by atoms with van der Waals surface area (Å²) in [5, 5.41) is 7.91. The molecule has 6 nitrogen and oxygen atoms in total. The van der Waals surface area contributed by atoms with E-state index in [1.807, 2.05) is 10.9 Å². The monoisotopic (exact) mass is 450 g/mol. The smallest absolute Gasteiger partial charge is 0.173 e. The Labute approximate surface area is 183 Å². The summed E-state index contributed by atoms with van der Waals surface area (Å²) >= 11 is 12.3. The van der Waals surface area contributed by atoms with Gasteiger partial charge in [0.1, 0.15) is 11.9 Å². The van der Waals surface area contributed by atoms with Gasteiger partial charge in [0, 0.05) is 28.4 Å². The quantitative estimate of drug-likeness (QED) is 0.471. The molecule has 2 aromatic heterocycles. The van der Waals surface area contributed by atoms with E-state index in [0.717, 1.165) is 25.4 Å². The number of pyridine rings is 1. The second-order valence-electron chi connectivity index (χ2n) is 7.72. The van der Waals surface area contributed by atoms with Crippen LogP contribution >= 0.6 is 23.2 Å². The molecular formula is C21H21Cl2FN4O2. The number of hydrogen-bond donors (Lipinski definition) is 1. The van der Waals surface area contributed by atoms with E-state index < -0.39 is 11.9 Å². The van der Waals surface area contributed by atoms with E-state index in [1.165, 1.54) is 12.1 Å². The second-order valence-corrected chi connectivity index (χ2v) is 8.51. The zero-order valence-corrected chi connectivity index (χ0v) is 18.0. The first-order valence-corrected chi connectivity index (χ1v) is 10.2. The SMILES string of the molecule is CC(Oc1cccnc1Nc1cnn(CC2(C)COC2)c1)c1c(Cl)ccc(F)c1Cl. The maximum atomic E-state index is 13.9. The van der Waals surface area contributed by atoms with Gasteiger partial charge in [-0.25, -0.2) is 9.37 Å². The maximum absolute atomic E-state index is 13.9. The van der Waals surface area contributed by atoms with Crippen LogP contribution in [0.3, 0.4) is 0 Å². The molecule has 1 saturated heterocycles. The molecule has 0 saturated carbocycles. The van der Waals surface area contributed by atoms with E-state index in [1.54, 1.807) is 31.5 Å². The molecule has 1 fully saturated rings. The minimum Gasteiger partial charge on any atom is -0.482 e. The third-order valence-electron chi connectivity index (χ3n) is 4.90. The third-order valence-corrected chi connectivity index (χ3v) is 5.61. The standard InChI is InChI=1S/C21H21Cl2FN4O2/c1-13(18-15(22)5-6-16(24)19(18)23)30-17-4-3-7-25-20(17)27-14-8-26-28(9-14)10-21(2)11-29-12-21/h3-9,13H,10-12H2,1-2H3,(H,25,27). The molecule has 158 valence electrons. The zero-order valence-electron chi connectivity index (χ0n) is 16.5. The fourth-order valence-electron chi connectivity index (χ4n) is 3.33. The van der Waals surface area contributed by atoms with Gasteiger partial charge >= 0.3 is 0 Å². The van der Waals surface area contributed by atoms with Crippen LogP contribution in [0.4, 0.5) is 15.9 Å². The van der Waals surface area contributed by atoms with E-state index in [4.69, 9.17) is 32.7 Å². The minimum absolute atomic E-state index is 0.0526. The predicted molar refractivity (Wildman–Crippen MR) is 114 cm³/mol. The van der Waals surface area contributed by atoms with E-state index in [9.17, 15) is 4.39 Å². The summed E-state index contributed by atoms with van der Waals surface area (Å²) in [6.07, 6.45) is 4.70. The normalized spacial score (nSPS) is 16.0. The van der Waals surface area contributed by atoms with Crippen LogP contribution in [0.2, 0.25) is 10.0 Å². The van der Waals surface area contributed by atoms with Crippen LogP contribution in [-0.2, 0) is 11.3 Å². The van der Waals surface area contributed by atoms with E-state index >= 15 is 0 Å². The van der Waals surface area contributed by atoms with Crippen molar-refractivity contribution in [3.8, 4) is 5.75 Å². The van der Waals surface area contributed by atoms with Crippen LogP contribution in [0, 0.1) is 11.2 Å². The molecule has 0 radical (unpaired) electrons. The molecule has 1 atom stereocenters. The molecule has 3 aromatic rings. The Balaban J connectivity index is 1.51. The summed E-state index contributed by atoms with van der Waals surface area (Å²) in [6.45, 7) is 6.16. The lowest BCUT2D eigenvalue weighted by atomic mass is 9.89. The molecule has 0 bridgehead atoms. The van der Waals surface area contributed by atoms with Crippen LogP contribution in [0.5, 0.6) is 5.75 Å². The van der Waals surface area contributed by atoms with Gasteiger partial charge in [-0.3, -0.25) is 4.68 Å². The lowest BCUT2D eigenvalue weighted by molar-refractivity contribution is -0.111. The first kappa shape index (κ1) is 20.9. The summed E-state index contributed by atoms with van der Waals surface area (Å²) in [5.74, 6) is 0.438. The van der Waals surface area contributed by atoms with Gasteiger partial charge in [0.05, 0.1) is 36.7 Å². The highest BCUT2D eigenvalue weighted by Gasteiger charge is 2.34. The van der Waals surface area contributed by atoms with Crippen molar-refractivity contribution >= 4 is 34.7 Å². The molecule has 0 aliphatic carbocycles. The summed E-state index contributed by atoms with van der Waals surface area (Å²) < 4.78 is 27.1. The fourth-order valence-corrected chi connectivity index (χ4v) is 4.01. The Morgan fingerprint density at radius 1 is 1.33 bits per heavy atom. The van der Waals surface area contributed by atoms with Gasteiger partial charge in [-0.05, 0) is 31.2 Å². The Bertz CT molecular complexity index is 1060. The minimum atomic E-state index is -0.591. The highest BCUT2D eigenvalue weighted by molar-refractivity contribution is 6.36. The number of anilines is 2. The second kappa shape index (κ2) is 8.41. The Morgan fingerprint density at radius 3 is 2.87 bits per heavy atom. The topological polar surface area (TPSA) is 61.2 Å². The van der Waals surface area contributed by atoms with Crippen LogP contribution < -0.4 is 10.1 Å². The van der Waals surface area contributed by atoms with Crippen LogP contribution in [0.1, 0.15) is 25.5 Å². The van der Waals surface area contributed by atoms with Crippen molar-refractivity contribution < 1.29 is 13.9 Å². The van der Waals surface area contributed by atoms with Crippen LogP contribution in [0.15, 0.2) is 42.9 Å². The van der Waals surface area contributed by atoms with Crippen molar-refractivity contribution in [3.05, 3.63) is 64.3 Å². The van der Waals surface area contributed by atoms with Gasteiger partial charge < -0.3 is 14.8 Å². The van der Waals surface area contributed by atoms with Gasteiger partial charge in [-0.2, -0.15) is 5.10 Å². The Kier molecular flexibility index (Phi) is 5.86. The zero-order chi connectivity index (χ0) is 21.3. The largest absolute Gasteiger partial charge is 0.482 e. The Morgan fingerprint density at radius 2 is 2.13 bits per heavy atom. The van der Waals surface area contributed by atoms with Crippen molar-refractivity contribution in [3.63, 3.8) is 0 Å². The number of ether oxygens (including phenoxy) is 2. The predicted octanol–water partition coefficient (Wildman–Crippen LogP) is 5.64. The molecule has 4 rings (SSSR count). The molecule has 1 aliphatic rings. The summed E-state index contributed by atoms with van der Waals surface area (Å²) in [5.41, 5.74) is 1.27. The molecule has 1 N–H and O–H groups in total. The number of rotatable bonds is 7. The molecule has 1 aromatic carbocycles. The lowest BCUT2D eigenvalue weighted by Crippen LogP contribution is -2.43. The number of aromatic nitrogens is 3. The number of halogens is 3. The molecule has 30 heavy (non-hydrogen) atoms. The van der Waals surface area contributed by atoms with Crippen LogP contribution in [0.25, 0.3) is 0 Å². The summed E-state index contributed by atoms with van der Waals surface area (Å²) in [4.78, 5) is 4.36. The Hall–Kier alpha value is -2.35. The highest BCUT2D eigenvalue weighted by Crippen LogP contribution is 2.37. The van der Waals surface area contributed by atoms with Gasteiger partial charge in [0.15, 0.2) is 11.6 Å². The van der Waals surface area contributed by atoms with Crippen molar-refractivity contribution in [1.82, 2.24) is 14.8 Å². The number of nitrogens with zero attached hydrogens (tertiary/aromatic N) is 3. The molecule has 3 heterocycles. The van der Waals surface area contributed by atoms with Crippen LogP contribution in [-0.4, -0.2) is 28.0 Å². The average molecular weight is 451 g/mol. The third kappa shape index (κ3) is 4.38. The van der Waals surface area contributed by atoms with Crippen molar-refractivity contribution in [1.29, 1.82) is 0 Å². The first-order valence-electron chi connectivity index (χ1n) is 9.47. The number of nitrogens with one attached hydrogen (secondary N) is 1. The van der Waals surface area contributed by atoms with Gasteiger partial charge in [-0.1, -0.05) is 30.1 Å². The summed E-state index contributed by atoms with van der Waals surface area (Å²) in [7, 11) is 0. The van der Waals surface area contributed by atoms with Crippen molar-refractivity contribution in [2.45, 2.75) is 26.5 Å². The average Bonchev–Trinajstić information content (AvgIpc) is 3.12. The molecule has 9 heteroatoms. The lowest BCUT2D eigenvalue weighted by Gasteiger charge is -2.37. The van der Waals surface area contributed by atoms with E-state index in [2.05, 4.69) is 22.3 Å². The first-order chi connectivity index (χ1) is 14.3. The number of hydrogen-bond acceptors (Lipinski definition) is 5. The molecular weight excluding hydrogens is 430 g/mol. The van der Waals surface area contributed by atoms with Crippen molar-refractivity contribution in [2.75, 3.05) is 18.5 Å². The molecule has 1 unspecified atom stereocenters. The fraction of sp³-hybridized carbons (Fsp3) is 0.333. The summed E-state index contributed by atoms with van der Waals surface area (Å²) in [6, 6.07) is 6.21.